The minimum absolute atomic E-state index is 0.0105. The van der Waals surface area contributed by atoms with Crippen molar-refractivity contribution in [2.45, 2.75) is 19.3 Å². The van der Waals surface area contributed by atoms with Gasteiger partial charge in [0.25, 0.3) is 0 Å². The average molecular weight is 285 g/mol. The average Bonchev–Trinajstić information content (AvgIpc) is 2.54. The molecule has 3 heteroatoms. The second-order valence-corrected chi connectivity index (χ2v) is 5.41. The SMILES string of the molecule is C=C(CN1CCCCC1)C(=O)/C=C/c1ccc(OC)cc1. The van der Waals surface area contributed by atoms with Gasteiger partial charge in [0.2, 0.25) is 0 Å². The van der Waals surface area contributed by atoms with Crippen molar-refractivity contribution < 1.29 is 9.53 Å². The van der Waals surface area contributed by atoms with Gasteiger partial charge in [-0.1, -0.05) is 31.2 Å². The largest absolute Gasteiger partial charge is 0.497 e. The van der Waals surface area contributed by atoms with Crippen LogP contribution >= 0.6 is 0 Å². The molecule has 1 saturated heterocycles. The number of carbonyl (C=O) groups excluding carboxylic acids is 1. The number of carbonyl (C=O) groups is 1. The minimum Gasteiger partial charge on any atom is -0.497 e. The molecule has 0 bridgehead atoms. The fourth-order valence-electron chi connectivity index (χ4n) is 2.47. The third kappa shape index (κ3) is 4.87. The zero-order chi connectivity index (χ0) is 15.1. The summed E-state index contributed by atoms with van der Waals surface area (Å²) in [5.74, 6) is 0.823. The van der Waals surface area contributed by atoms with Gasteiger partial charge in [0.15, 0.2) is 5.78 Å². The van der Waals surface area contributed by atoms with Crippen molar-refractivity contribution in [3.8, 4) is 5.75 Å². The number of rotatable bonds is 6. The first-order valence-electron chi connectivity index (χ1n) is 7.45. The van der Waals surface area contributed by atoms with Crippen molar-refractivity contribution in [2.24, 2.45) is 0 Å². The highest BCUT2D eigenvalue weighted by Gasteiger charge is 2.13. The lowest BCUT2D eigenvalue weighted by molar-refractivity contribution is -0.111. The number of allylic oxidation sites excluding steroid dienone is 1. The van der Waals surface area contributed by atoms with Crippen LogP contribution in [0.5, 0.6) is 5.75 Å². The van der Waals surface area contributed by atoms with Crippen LogP contribution in [0.3, 0.4) is 0 Å². The van der Waals surface area contributed by atoms with Crippen molar-refractivity contribution in [3.63, 3.8) is 0 Å². The molecule has 1 aliphatic rings. The second kappa shape index (κ2) is 7.79. The second-order valence-electron chi connectivity index (χ2n) is 5.41. The topological polar surface area (TPSA) is 29.5 Å². The summed E-state index contributed by atoms with van der Waals surface area (Å²) in [6.07, 6.45) is 7.18. The Bertz CT molecular complexity index is 511. The predicted octanol–water partition coefficient (Wildman–Crippen LogP) is 3.32. The van der Waals surface area contributed by atoms with Gasteiger partial charge >= 0.3 is 0 Å². The molecule has 2 rings (SSSR count). The van der Waals surface area contributed by atoms with E-state index in [4.69, 9.17) is 4.74 Å². The lowest BCUT2D eigenvalue weighted by Crippen LogP contribution is -2.32. The summed E-state index contributed by atoms with van der Waals surface area (Å²) in [4.78, 5) is 14.4. The quantitative estimate of drug-likeness (QED) is 0.751. The van der Waals surface area contributed by atoms with Gasteiger partial charge in [-0.2, -0.15) is 0 Å². The van der Waals surface area contributed by atoms with E-state index in [2.05, 4.69) is 11.5 Å². The van der Waals surface area contributed by atoms with Crippen LogP contribution in [0, 0.1) is 0 Å². The van der Waals surface area contributed by atoms with Gasteiger partial charge in [-0.25, -0.2) is 0 Å². The summed E-state index contributed by atoms with van der Waals surface area (Å²) >= 11 is 0. The number of ether oxygens (including phenoxy) is 1. The van der Waals surface area contributed by atoms with Crippen LogP contribution < -0.4 is 4.74 Å². The molecule has 1 aromatic carbocycles. The van der Waals surface area contributed by atoms with Crippen molar-refractivity contribution >= 4 is 11.9 Å². The Balaban J connectivity index is 1.86. The first-order valence-corrected chi connectivity index (χ1v) is 7.45. The highest BCUT2D eigenvalue weighted by atomic mass is 16.5. The first kappa shape index (κ1) is 15.5. The van der Waals surface area contributed by atoms with E-state index in [-0.39, 0.29) is 5.78 Å². The summed E-state index contributed by atoms with van der Waals surface area (Å²) in [5, 5.41) is 0. The molecule has 0 unspecified atom stereocenters. The highest BCUT2D eigenvalue weighted by molar-refractivity contribution is 6.06. The van der Waals surface area contributed by atoms with Crippen LogP contribution in [0.15, 0.2) is 42.5 Å². The van der Waals surface area contributed by atoms with E-state index in [0.717, 1.165) is 24.4 Å². The fraction of sp³-hybridized carbons (Fsp3) is 0.389. The van der Waals surface area contributed by atoms with E-state index in [0.29, 0.717) is 12.1 Å². The molecule has 0 saturated carbocycles. The van der Waals surface area contributed by atoms with Crippen LogP contribution in [0.4, 0.5) is 0 Å². The van der Waals surface area contributed by atoms with Crippen molar-refractivity contribution in [2.75, 3.05) is 26.7 Å². The molecular weight excluding hydrogens is 262 g/mol. The maximum absolute atomic E-state index is 12.1. The lowest BCUT2D eigenvalue weighted by Gasteiger charge is -2.26. The highest BCUT2D eigenvalue weighted by Crippen LogP contribution is 2.13. The van der Waals surface area contributed by atoms with Gasteiger partial charge < -0.3 is 4.74 Å². The number of likely N-dealkylation sites (tertiary alicyclic amines) is 1. The molecule has 3 nitrogen and oxygen atoms in total. The smallest absolute Gasteiger partial charge is 0.182 e. The van der Waals surface area contributed by atoms with Crippen LogP contribution in [0.1, 0.15) is 24.8 Å². The molecule has 1 heterocycles. The van der Waals surface area contributed by atoms with Crippen LogP contribution in [0.25, 0.3) is 6.08 Å². The molecule has 21 heavy (non-hydrogen) atoms. The number of hydrogen-bond acceptors (Lipinski definition) is 3. The molecule has 0 aromatic heterocycles. The molecule has 1 fully saturated rings. The van der Waals surface area contributed by atoms with Gasteiger partial charge in [-0.05, 0) is 49.7 Å². The van der Waals surface area contributed by atoms with Gasteiger partial charge in [-0.3, -0.25) is 9.69 Å². The number of nitrogens with zero attached hydrogens (tertiary/aromatic N) is 1. The summed E-state index contributed by atoms with van der Waals surface area (Å²) in [7, 11) is 1.64. The first-order chi connectivity index (χ1) is 10.2. The van der Waals surface area contributed by atoms with E-state index in [1.54, 1.807) is 13.2 Å². The monoisotopic (exact) mass is 285 g/mol. The number of methoxy groups -OCH3 is 1. The Morgan fingerprint density at radius 3 is 2.52 bits per heavy atom. The van der Waals surface area contributed by atoms with E-state index >= 15 is 0 Å². The maximum Gasteiger partial charge on any atom is 0.182 e. The molecular formula is C18H23NO2. The van der Waals surface area contributed by atoms with Crippen LogP contribution in [-0.2, 0) is 4.79 Å². The lowest BCUT2D eigenvalue weighted by atomic mass is 10.1. The van der Waals surface area contributed by atoms with Crippen LogP contribution in [-0.4, -0.2) is 37.4 Å². The zero-order valence-electron chi connectivity index (χ0n) is 12.7. The van der Waals surface area contributed by atoms with Crippen LogP contribution in [0.2, 0.25) is 0 Å². The van der Waals surface area contributed by atoms with E-state index in [1.165, 1.54) is 19.3 Å². The predicted molar refractivity (Wildman–Crippen MR) is 86.5 cm³/mol. The van der Waals surface area contributed by atoms with Crippen molar-refractivity contribution in [1.29, 1.82) is 0 Å². The van der Waals surface area contributed by atoms with Crippen molar-refractivity contribution in [1.82, 2.24) is 4.90 Å². The molecule has 0 atom stereocenters. The van der Waals surface area contributed by atoms with Gasteiger partial charge in [0, 0.05) is 12.1 Å². The normalized spacial score (nSPS) is 16.0. The molecule has 0 aliphatic carbocycles. The van der Waals surface area contributed by atoms with Gasteiger partial charge in [-0.15, -0.1) is 0 Å². The van der Waals surface area contributed by atoms with E-state index < -0.39 is 0 Å². The number of benzene rings is 1. The molecule has 1 aromatic rings. The Labute approximate surface area is 126 Å². The molecule has 0 spiro atoms. The maximum atomic E-state index is 12.1. The molecule has 0 amide bonds. The van der Waals surface area contributed by atoms with Gasteiger partial charge in [0.1, 0.15) is 5.75 Å². The summed E-state index contributed by atoms with van der Waals surface area (Å²) in [6.45, 7) is 6.77. The number of piperidine rings is 1. The third-order valence-corrected chi connectivity index (χ3v) is 3.75. The Kier molecular flexibility index (Phi) is 5.76. The van der Waals surface area contributed by atoms with E-state index in [9.17, 15) is 4.79 Å². The number of ketones is 1. The molecule has 1 aliphatic heterocycles. The zero-order valence-corrected chi connectivity index (χ0v) is 12.7. The summed E-state index contributed by atoms with van der Waals surface area (Å²) in [6, 6.07) is 7.62. The molecule has 0 N–H and O–H groups in total. The fourth-order valence-corrected chi connectivity index (χ4v) is 2.47. The standard InChI is InChI=1S/C18H23NO2/c1-15(14-19-12-4-3-5-13-19)18(20)11-8-16-6-9-17(21-2)10-7-16/h6-11H,1,3-5,12-14H2,2H3/b11-8+. The third-order valence-electron chi connectivity index (χ3n) is 3.75. The minimum atomic E-state index is 0.0105. The summed E-state index contributed by atoms with van der Waals surface area (Å²) in [5.41, 5.74) is 1.65. The van der Waals surface area contributed by atoms with Crippen molar-refractivity contribution in [3.05, 3.63) is 48.1 Å². The summed E-state index contributed by atoms with van der Waals surface area (Å²) < 4.78 is 5.11. The molecule has 0 radical (unpaired) electrons. The van der Waals surface area contributed by atoms with E-state index in [1.807, 2.05) is 30.3 Å². The molecule has 112 valence electrons. The number of hydrogen-bond donors (Lipinski definition) is 0. The van der Waals surface area contributed by atoms with Gasteiger partial charge in [0.05, 0.1) is 7.11 Å². The Morgan fingerprint density at radius 2 is 1.90 bits per heavy atom. The Hall–Kier alpha value is -1.87. The Morgan fingerprint density at radius 1 is 1.24 bits per heavy atom.